The minimum absolute atomic E-state index is 0.315. The van der Waals surface area contributed by atoms with E-state index in [1.807, 2.05) is 64.2 Å². The fourth-order valence-electron chi connectivity index (χ4n) is 4.27. The SMILES string of the molecule is Cc1cc(Nc2ncnc3sc4c(c23)CN(C(=O)OC(C)(C)C)C4)ccc1Oc1ccn2ncnc2c1. The molecule has 0 bridgehead atoms. The predicted molar refractivity (Wildman–Crippen MR) is 140 cm³/mol. The average molecular weight is 516 g/mol. The van der Waals surface area contributed by atoms with Crippen LogP contribution in [0.15, 0.2) is 49.2 Å². The largest absolute Gasteiger partial charge is 0.457 e. The molecule has 1 amide bonds. The molecule has 6 rings (SSSR count). The van der Waals surface area contributed by atoms with Crippen molar-refractivity contribution in [2.45, 2.75) is 46.4 Å². The summed E-state index contributed by atoms with van der Waals surface area (Å²) in [5.74, 6) is 2.13. The van der Waals surface area contributed by atoms with Crippen LogP contribution in [-0.2, 0) is 17.8 Å². The van der Waals surface area contributed by atoms with Crippen LogP contribution in [0.5, 0.6) is 11.5 Å². The highest BCUT2D eigenvalue weighted by atomic mass is 32.1. The van der Waals surface area contributed by atoms with Crippen LogP contribution in [-0.4, -0.2) is 41.2 Å². The summed E-state index contributed by atoms with van der Waals surface area (Å²) in [6.07, 6.45) is 4.57. The number of nitrogens with one attached hydrogen (secondary N) is 1. The first-order valence-electron chi connectivity index (χ1n) is 11.8. The molecule has 1 N–H and O–H groups in total. The van der Waals surface area contributed by atoms with E-state index in [4.69, 9.17) is 9.47 Å². The van der Waals surface area contributed by atoms with Gasteiger partial charge in [-0.2, -0.15) is 5.10 Å². The van der Waals surface area contributed by atoms with E-state index in [0.29, 0.717) is 24.7 Å². The van der Waals surface area contributed by atoms with Crippen molar-refractivity contribution in [3.8, 4) is 11.5 Å². The van der Waals surface area contributed by atoms with Crippen LogP contribution in [0.4, 0.5) is 16.3 Å². The molecule has 0 saturated heterocycles. The number of anilines is 2. The zero-order valence-electron chi connectivity index (χ0n) is 20.8. The number of rotatable bonds is 4. The van der Waals surface area contributed by atoms with Crippen LogP contribution in [0.25, 0.3) is 15.9 Å². The molecule has 37 heavy (non-hydrogen) atoms. The number of hydrogen-bond acceptors (Lipinski definition) is 9. The average Bonchev–Trinajstić information content (AvgIpc) is 3.54. The number of amides is 1. The summed E-state index contributed by atoms with van der Waals surface area (Å²) in [6, 6.07) is 9.58. The van der Waals surface area contributed by atoms with E-state index in [1.165, 1.54) is 6.33 Å². The van der Waals surface area contributed by atoms with E-state index in [-0.39, 0.29) is 6.09 Å². The maximum atomic E-state index is 12.6. The molecule has 0 spiro atoms. The van der Waals surface area contributed by atoms with Crippen LogP contribution in [0.1, 0.15) is 36.8 Å². The van der Waals surface area contributed by atoms with Gasteiger partial charge in [0.05, 0.1) is 18.5 Å². The van der Waals surface area contributed by atoms with Crippen molar-refractivity contribution in [2.75, 3.05) is 5.32 Å². The van der Waals surface area contributed by atoms with Gasteiger partial charge in [-0.3, -0.25) is 4.90 Å². The Morgan fingerprint density at radius 3 is 2.76 bits per heavy atom. The van der Waals surface area contributed by atoms with Gasteiger partial charge in [-0.1, -0.05) is 0 Å². The number of hydrogen-bond donors (Lipinski definition) is 1. The van der Waals surface area contributed by atoms with Crippen molar-refractivity contribution in [2.24, 2.45) is 0 Å². The number of aromatic nitrogens is 5. The Morgan fingerprint density at radius 1 is 1.08 bits per heavy atom. The lowest BCUT2D eigenvalue weighted by molar-refractivity contribution is 0.0243. The van der Waals surface area contributed by atoms with Gasteiger partial charge in [0.15, 0.2) is 5.65 Å². The molecule has 1 aliphatic heterocycles. The van der Waals surface area contributed by atoms with Crippen LogP contribution >= 0.6 is 11.3 Å². The van der Waals surface area contributed by atoms with E-state index < -0.39 is 5.60 Å². The highest BCUT2D eigenvalue weighted by molar-refractivity contribution is 7.19. The summed E-state index contributed by atoms with van der Waals surface area (Å²) in [6.45, 7) is 8.58. The fourth-order valence-corrected chi connectivity index (χ4v) is 5.43. The van der Waals surface area contributed by atoms with Crippen molar-refractivity contribution >= 4 is 44.8 Å². The molecule has 1 aliphatic rings. The maximum absolute atomic E-state index is 12.6. The number of pyridine rings is 1. The number of carbonyl (C=O) groups is 1. The first-order chi connectivity index (χ1) is 17.7. The summed E-state index contributed by atoms with van der Waals surface area (Å²) in [7, 11) is 0. The van der Waals surface area contributed by atoms with E-state index in [9.17, 15) is 4.79 Å². The number of thiophene rings is 1. The quantitative estimate of drug-likeness (QED) is 0.319. The number of ether oxygens (including phenoxy) is 2. The summed E-state index contributed by atoms with van der Waals surface area (Å²) < 4.78 is 13.3. The molecule has 0 atom stereocenters. The molecule has 5 aromatic rings. The number of fused-ring (bicyclic) bond motifs is 4. The lowest BCUT2D eigenvalue weighted by Gasteiger charge is -2.24. The molecule has 10 nitrogen and oxygen atoms in total. The van der Waals surface area contributed by atoms with Crippen molar-refractivity contribution in [1.82, 2.24) is 29.5 Å². The first-order valence-corrected chi connectivity index (χ1v) is 12.6. The highest BCUT2D eigenvalue weighted by Crippen LogP contribution is 2.40. The van der Waals surface area contributed by atoms with E-state index in [0.717, 1.165) is 43.3 Å². The van der Waals surface area contributed by atoms with Crippen molar-refractivity contribution < 1.29 is 14.3 Å². The zero-order chi connectivity index (χ0) is 25.7. The Kier molecular flexibility index (Phi) is 5.45. The summed E-state index contributed by atoms with van der Waals surface area (Å²) in [5, 5.41) is 8.49. The lowest BCUT2D eigenvalue weighted by Crippen LogP contribution is -2.33. The molecule has 188 valence electrons. The van der Waals surface area contributed by atoms with Crippen molar-refractivity contribution in [3.63, 3.8) is 0 Å². The molecular formula is C26H25N7O3S. The Bertz CT molecular complexity index is 1650. The second-order valence-corrected chi connectivity index (χ2v) is 11.0. The van der Waals surface area contributed by atoms with Gasteiger partial charge in [-0.05, 0) is 57.5 Å². The molecule has 0 aliphatic carbocycles. The van der Waals surface area contributed by atoms with Gasteiger partial charge in [0.2, 0.25) is 0 Å². The van der Waals surface area contributed by atoms with Gasteiger partial charge in [0.1, 0.15) is 40.4 Å². The van der Waals surface area contributed by atoms with Gasteiger partial charge in [0, 0.05) is 28.4 Å². The normalized spacial score (nSPS) is 13.2. The topological polar surface area (TPSA) is 107 Å². The third-order valence-corrected chi connectivity index (χ3v) is 7.05. The molecular weight excluding hydrogens is 490 g/mol. The third-order valence-electron chi connectivity index (χ3n) is 5.92. The van der Waals surface area contributed by atoms with Gasteiger partial charge >= 0.3 is 6.09 Å². The summed E-state index contributed by atoms with van der Waals surface area (Å²) in [5.41, 5.74) is 3.08. The number of carbonyl (C=O) groups excluding carboxylic acids is 1. The lowest BCUT2D eigenvalue weighted by atomic mass is 10.1. The molecule has 4 aromatic heterocycles. The molecule has 0 radical (unpaired) electrons. The molecule has 0 unspecified atom stereocenters. The molecule has 11 heteroatoms. The minimum atomic E-state index is -0.540. The summed E-state index contributed by atoms with van der Waals surface area (Å²) in [4.78, 5) is 29.6. The van der Waals surface area contributed by atoms with E-state index in [2.05, 4.69) is 25.4 Å². The predicted octanol–water partition coefficient (Wildman–Crippen LogP) is 5.83. The van der Waals surface area contributed by atoms with E-state index in [1.54, 1.807) is 27.1 Å². The Labute approximate surface area is 216 Å². The van der Waals surface area contributed by atoms with Gasteiger partial charge in [-0.25, -0.2) is 24.3 Å². The Morgan fingerprint density at radius 2 is 1.95 bits per heavy atom. The minimum Gasteiger partial charge on any atom is -0.457 e. The van der Waals surface area contributed by atoms with Gasteiger partial charge in [0.25, 0.3) is 0 Å². The summed E-state index contributed by atoms with van der Waals surface area (Å²) >= 11 is 1.59. The number of nitrogens with zero attached hydrogens (tertiary/aromatic N) is 6. The standard InChI is InChI=1S/C26H25N7O3S/c1-15-9-16(5-6-19(15)35-17-7-8-33-21(10-17)27-14-30-33)31-23-22-18-11-32(25(34)36-26(2,3)4)12-20(18)37-24(22)29-13-28-23/h5-10,13-14H,11-12H2,1-4H3,(H,28,29,31). The van der Waals surface area contributed by atoms with E-state index >= 15 is 0 Å². The van der Waals surface area contributed by atoms with Crippen molar-refractivity contribution in [3.05, 3.63) is 65.2 Å². The van der Waals surface area contributed by atoms with Crippen LogP contribution in [0.3, 0.4) is 0 Å². The number of benzene rings is 1. The maximum Gasteiger partial charge on any atom is 0.410 e. The molecule has 0 fully saturated rings. The second kappa shape index (κ2) is 8.70. The molecule has 1 aromatic carbocycles. The van der Waals surface area contributed by atoms with Crippen LogP contribution in [0, 0.1) is 6.92 Å². The third kappa shape index (κ3) is 4.53. The molecule has 0 saturated carbocycles. The van der Waals surface area contributed by atoms with Gasteiger partial charge < -0.3 is 14.8 Å². The Hall–Kier alpha value is -4.25. The smallest absolute Gasteiger partial charge is 0.410 e. The van der Waals surface area contributed by atoms with Crippen molar-refractivity contribution in [1.29, 1.82) is 0 Å². The van der Waals surface area contributed by atoms with Gasteiger partial charge in [-0.15, -0.1) is 11.3 Å². The highest BCUT2D eigenvalue weighted by Gasteiger charge is 2.32. The first kappa shape index (κ1) is 23.2. The zero-order valence-corrected chi connectivity index (χ0v) is 21.7. The van der Waals surface area contributed by atoms with Crippen LogP contribution in [0.2, 0.25) is 0 Å². The van der Waals surface area contributed by atoms with Crippen LogP contribution < -0.4 is 10.1 Å². The second-order valence-electron chi connectivity index (χ2n) is 9.88. The fraction of sp³-hybridized carbons (Fsp3) is 0.269. The molecule has 5 heterocycles. The monoisotopic (exact) mass is 515 g/mol. The number of aryl methyl sites for hydroxylation is 1. The Balaban J connectivity index is 1.23.